The summed E-state index contributed by atoms with van der Waals surface area (Å²) in [6.07, 6.45) is 9.69. The minimum Gasteiger partial charge on any atom is -0.290 e. The molecule has 1 saturated heterocycles. The highest BCUT2D eigenvalue weighted by Crippen LogP contribution is 2.37. The fraction of sp³-hybridized carbons (Fsp3) is 0.333. The van der Waals surface area contributed by atoms with Crippen molar-refractivity contribution in [3.8, 4) is 0 Å². The third kappa shape index (κ3) is 4.14. The molecule has 0 spiro atoms. The standard InChI is InChI=1S/C18H18BrNOS2/c19-14(11-13-7-3-1-4-8-13)12-16-17(21)20(18(22)23-16)15-9-5-2-6-10-15/h1,3-4,7-8,11-12,15H,2,5-6,9-10H2/b14-11-,16-12-. The van der Waals surface area contributed by atoms with Crippen molar-refractivity contribution in [3.05, 3.63) is 51.4 Å². The summed E-state index contributed by atoms with van der Waals surface area (Å²) in [5, 5.41) is 0. The van der Waals surface area contributed by atoms with Gasteiger partial charge in [-0.15, -0.1) is 0 Å². The molecule has 1 aliphatic carbocycles. The molecule has 1 amide bonds. The molecule has 0 unspecified atom stereocenters. The van der Waals surface area contributed by atoms with Crippen molar-refractivity contribution in [1.29, 1.82) is 0 Å². The summed E-state index contributed by atoms with van der Waals surface area (Å²) in [6, 6.07) is 10.3. The lowest BCUT2D eigenvalue weighted by Gasteiger charge is -2.29. The number of carbonyl (C=O) groups excluding carboxylic acids is 1. The van der Waals surface area contributed by atoms with Crippen LogP contribution in [0.25, 0.3) is 6.08 Å². The lowest BCUT2D eigenvalue weighted by Crippen LogP contribution is -2.39. The molecule has 2 aliphatic rings. The number of carbonyl (C=O) groups is 1. The molecule has 2 fully saturated rings. The van der Waals surface area contributed by atoms with Crippen molar-refractivity contribution in [2.45, 2.75) is 38.1 Å². The maximum absolute atomic E-state index is 12.7. The molecule has 0 bridgehead atoms. The minimum atomic E-state index is 0.0605. The SMILES string of the molecule is O=C1/C(=C/C(Br)=C/c2ccccc2)SC(=S)N1C1CCCCC1. The fourth-order valence-corrected chi connectivity index (χ4v) is 5.05. The number of hydrogen-bond donors (Lipinski definition) is 0. The highest BCUT2D eigenvalue weighted by atomic mass is 79.9. The van der Waals surface area contributed by atoms with Gasteiger partial charge < -0.3 is 0 Å². The molecular formula is C18H18BrNOS2. The third-order valence-electron chi connectivity index (χ3n) is 4.14. The van der Waals surface area contributed by atoms with E-state index < -0.39 is 0 Å². The Bertz CT molecular complexity index is 663. The third-order valence-corrected chi connectivity index (χ3v) is 5.92. The summed E-state index contributed by atoms with van der Waals surface area (Å²) in [7, 11) is 0. The zero-order valence-electron chi connectivity index (χ0n) is 12.7. The first-order valence-electron chi connectivity index (χ1n) is 7.84. The van der Waals surface area contributed by atoms with Gasteiger partial charge in [0.2, 0.25) is 0 Å². The summed E-state index contributed by atoms with van der Waals surface area (Å²) < 4.78 is 1.58. The predicted molar refractivity (Wildman–Crippen MR) is 105 cm³/mol. The molecule has 1 aromatic carbocycles. The van der Waals surface area contributed by atoms with Crippen LogP contribution in [0, 0.1) is 0 Å². The summed E-state index contributed by atoms with van der Waals surface area (Å²) >= 11 is 10.4. The van der Waals surface area contributed by atoms with Gasteiger partial charge in [-0.05, 0) is 30.6 Å². The second-order valence-corrected chi connectivity index (χ2v) is 8.37. The Labute approximate surface area is 155 Å². The molecule has 0 radical (unpaired) electrons. The van der Waals surface area contributed by atoms with E-state index in [1.165, 1.54) is 31.0 Å². The topological polar surface area (TPSA) is 20.3 Å². The molecule has 0 aromatic heterocycles. The molecule has 1 aromatic rings. The van der Waals surface area contributed by atoms with Gasteiger partial charge in [-0.3, -0.25) is 9.69 Å². The number of halogens is 1. The van der Waals surface area contributed by atoms with Crippen molar-refractivity contribution in [2.24, 2.45) is 0 Å². The van der Waals surface area contributed by atoms with Gasteiger partial charge in [0.05, 0.1) is 4.91 Å². The van der Waals surface area contributed by atoms with Crippen LogP contribution in [0.2, 0.25) is 0 Å². The van der Waals surface area contributed by atoms with Crippen LogP contribution in [0.3, 0.4) is 0 Å². The molecular weight excluding hydrogens is 390 g/mol. The number of thiocarbonyl (C=S) groups is 1. The van der Waals surface area contributed by atoms with E-state index in [0.717, 1.165) is 22.9 Å². The van der Waals surface area contributed by atoms with Crippen molar-refractivity contribution < 1.29 is 4.79 Å². The Morgan fingerprint density at radius 2 is 1.91 bits per heavy atom. The maximum Gasteiger partial charge on any atom is 0.266 e. The van der Waals surface area contributed by atoms with Crippen LogP contribution in [0.5, 0.6) is 0 Å². The van der Waals surface area contributed by atoms with Crippen LogP contribution in [-0.2, 0) is 4.79 Å². The van der Waals surface area contributed by atoms with E-state index in [9.17, 15) is 4.79 Å². The lowest BCUT2D eigenvalue weighted by atomic mass is 9.94. The zero-order valence-corrected chi connectivity index (χ0v) is 15.9. The summed E-state index contributed by atoms with van der Waals surface area (Å²) in [4.78, 5) is 15.3. The molecule has 1 saturated carbocycles. The second-order valence-electron chi connectivity index (χ2n) is 5.78. The van der Waals surface area contributed by atoms with Crippen LogP contribution in [-0.4, -0.2) is 21.2 Å². The first kappa shape index (κ1) is 16.9. The van der Waals surface area contributed by atoms with Crippen LogP contribution in [0.4, 0.5) is 0 Å². The maximum atomic E-state index is 12.7. The molecule has 3 rings (SSSR count). The molecule has 1 aliphatic heterocycles. The smallest absolute Gasteiger partial charge is 0.266 e. The van der Waals surface area contributed by atoms with Gasteiger partial charge in [-0.25, -0.2) is 0 Å². The molecule has 0 atom stereocenters. The van der Waals surface area contributed by atoms with Gasteiger partial charge in [0.1, 0.15) is 4.32 Å². The number of rotatable bonds is 3. The van der Waals surface area contributed by atoms with Crippen LogP contribution in [0.1, 0.15) is 37.7 Å². The molecule has 5 heteroatoms. The highest BCUT2D eigenvalue weighted by molar-refractivity contribution is 9.12. The van der Waals surface area contributed by atoms with Gasteiger partial charge in [0.25, 0.3) is 5.91 Å². The molecule has 120 valence electrons. The van der Waals surface area contributed by atoms with Crippen molar-refractivity contribution >= 4 is 56.2 Å². The number of amides is 1. The number of nitrogens with zero attached hydrogens (tertiary/aromatic N) is 1. The second kappa shape index (κ2) is 7.77. The van der Waals surface area contributed by atoms with Gasteiger partial charge in [0, 0.05) is 10.5 Å². The van der Waals surface area contributed by atoms with Crippen LogP contribution in [0.15, 0.2) is 45.8 Å². The summed E-state index contributed by atoms with van der Waals surface area (Å²) in [5.74, 6) is 0.0605. The first-order chi connectivity index (χ1) is 11.1. The van der Waals surface area contributed by atoms with Crippen LogP contribution < -0.4 is 0 Å². The van der Waals surface area contributed by atoms with Gasteiger partial charge in [-0.2, -0.15) is 0 Å². The monoisotopic (exact) mass is 407 g/mol. The average molecular weight is 408 g/mol. The highest BCUT2D eigenvalue weighted by Gasteiger charge is 2.37. The molecule has 0 N–H and O–H groups in total. The van der Waals surface area contributed by atoms with Crippen LogP contribution >= 0.6 is 39.9 Å². The van der Waals surface area contributed by atoms with E-state index in [2.05, 4.69) is 15.9 Å². The van der Waals surface area contributed by atoms with E-state index >= 15 is 0 Å². The van der Waals surface area contributed by atoms with Crippen molar-refractivity contribution in [1.82, 2.24) is 4.90 Å². The predicted octanol–water partition coefficient (Wildman–Crippen LogP) is 5.50. The van der Waals surface area contributed by atoms with E-state index in [4.69, 9.17) is 12.2 Å². The number of thioether (sulfide) groups is 1. The lowest BCUT2D eigenvalue weighted by molar-refractivity contribution is -0.124. The normalized spacial score (nSPS) is 22.2. The minimum absolute atomic E-state index is 0.0605. The average Bonchev–Trinajstić information content (AvgIpc) is 2.83. The van der Waals surface area contributed by atoms with E-state index in [0.29, 0.717) is 15.3 Å². The molecule has 23 heavy (non-hydrogen) atoms. The Morgan fingerprint density at radius 3 is 2.61 bits per heavy atom. The van der Waals surface area contributed by atoms with Crippen molar-refractivity contribution in [2.75, 3.05) is 0 Å². The fourth-order valence-electron chi connectivity index (χ4n) is 3.01. The number of allylic oxidation sites excluding steroid dienone is 2. The van der Waals surface area contributed by atoms with Gasteiger partial charge >= 0.3 is 0 Å². The summed E-state index contributed by atoms with van der Waals surface area (Å²) in [6.45, 7) is 0. The van der Waals surface area contributed by atoms with E-state index in [-0.39, 0.29) is 5.91 Å². The van der Waals surface area contributed by atoms with E-state index in [1.54, 1.807) is 0 Å². The summed E-state index contributed by atoms with van der Waals surface area (Å²) in [5.41, 5.74) is 1.10. The zero-order chi connectivity index (χ0) is 16.2. The Hall–Kier alpha value is -0.910. The van der Waals surface area contributed by atoms with E-state index in [1.807, 2.05) is 47.4 Å². The van der Waals surface area contributed by atoms with Gasteiger partial charge in [0.15, 0.2) is 0 Å². The first-order valence-corrected chi connectivity index (χ1v) is 9.86. The number of benzene rings is 1. The molecule has 2 nitrogen and oxygen atoms in total. The quantitative estimate of drug-likeness (QED) is 0.487. The Morgan fingerprint density at radius 1 is 1.22 bits per heavy atom. The van der Waals surface area contributed by atoms with Gasteiger partial charge in [-0.1, -0.05) is 89.5 Å². The van der Waals surface area contributed by atoms with Crippen molar-refractivity contribution in [3.63, 3.8) is 0 Å². The Balaban J connectivity index is 1.77. The Kier molecular flexibility index (Phi) is 5.72. The number of hydrogen-bond acceptors (Lipinski definition) is 3. The molecule has 1 heterocycles. The largest absolute Gasteiger partial charge is 0.290 e.